The molecule has 0 amide bonds. The zero-order valence-electron chi connectivity index (χ0n) is 31.2. The van der Waals surface area contributed by atoms with Crippen LogP contribution in [-0.2, 0) is 27.9 Å². The van der Waals surface area contributed by atoms with E-state index in [-0.39, 0.29) is 32.3 Å². The number of esters is 1. The Morgan fingerprint density at radius 2 is 1.06 bits per heavy atom. The van der Waals surface area contributed by atoms with Crippen LogP contribution in [0.4, 0.5) is 0 Å². The van der Waals surface area contributed by atoms with Crippen LogP contribution >= 0.6 is 7.82 Å². The maximum Gasteiger partial charge on any atom is 0.472 e. The summed E-state index contributed by atoms with van der Waals surface area (Å²) in [5.74, 6) is -0.292. The van der Waals surface area contributed by atoms with Crippen LogP contribution in [-0.4, -0.2) is 43.3 Å². The van der Waals surface area contributed by atoms with Crippen LogP contribution in [0.3, 0.4) is 0 Å². The number of allylic oxidation sites excluding steroid dienone is 3. The Balaban J connectivity index is 4.13. The molecule has 0 radical (unpaired) electrons. The van der Waals surface area contributed by atoms with Crippen molar-refractivity contribution in [3.05, 3.63) is 24.5 Å². The lowest BCUT2D eigenvalue weighted by Gasteiger charge is -2.19. The fraction of sp³-hybridized carbons (Fsp3) is 0.872. The van der Waals surface area contributed by atoms with Crippen molar-refractivity contribution in [2.24, 2.45) is 5.73 Å². The molecular formula is C39H76NO7P. The maximum absolute atomic E-state index is 12.3. The number of hydrogen-bond acceptors (Lipinski definition) is 7. The van der Waals surface area contributed by atoms with Gasteiger partial charge in [0.25, 0.3) is 0 Å². The average molecular weight is 702 g/mol. The summed E-state index contributed by atoms with van der Waals surface area (Å²) < 4.78 is 33.1. The molecule has 0 spiro atoms. The highest BCUT2D eigenvalue weighted by Gasteiger charge is 2.24. The number of carbonyl (C=O) groups is 1. The summed E-state index contributed by atoms with van der Waals surface area (Å²) >= 11 is 0. The molecule has 284 valence electrons. The molecule has 8 nitrogen and oxygen atoms in total. The number of rotatable bonds is 38. The zero-order valence-corrected chi connectivity index (χ0v) is 32.1. The fourth-order valence-corrected chi connectivity index (χ4v) is 6.21. The van der Waals surface area contributed by atoms with Crippen LogP contribution in [0.15, 0.2) is 24.5 Å². The summed E-state index contributed by atoms with van der Waals surface area (Å²) in [5, 5.41) is 0. The predicted octanol–water partition coefficient (Wildman–Crippen LogP) is 11.6. The van der Waals surface area contributed by atoms with Gasteiger partial charge >= 0.3 is 13.8 Å². The summed E-state index contributed by atoms with van der Waals surface area (Å²) in [6, 6.07) is 0. The van der Waals surface area contributed by atoms with E-state index >= 15 is 0 Å². The van der Waals surface area contributed by atoms with E-state index in [2.05, 4.69) is 26.0 Å². The van der Waals surface area contributed by atoms with Gasteiger partial charge in [-0.2, -0.15) is 0 Å². The van der Waals surface area contributed by atoms with Gasteiger partial charge in [-0.25, -0.2) is 4.57 Å². The monoisotopic (exact) mass is 702 g/mol. The quantitative estimate of drug-likeness (QED) is 0.0215. The van der Waals surface area contributed by atoms with Gasteiger partial charge in [-0.15, -0.1) is 0 Å². The number of ether oxygens (including phenoxy) is 2. The second kappa shape index (κ2) is 37.1. The van der Waals surface area contributed by atoms with E-state index in [4.69, 9.17) is 24.3 Å². The predicted molar refractivity (Wildman–Crippen MR) is 201 cm³/mol. The van der Waals surface area contributed by atoms with Crippen LogP contribution in [0.5, 0.6) is 0 Å². The highest BCUT2D eigenvalue weighted by atomic mass is 31.2. The second-order valence-electron chi connectivity index (χ2n) is 13.2. The number of unbranched alkanes of at least 4 members (excludes halogenated alkanes) is 23. The number of phosphoric acid groups is 1. The maximum atomic E-state index is 12.3. The standard InChI is InChI=1S/C39H76NO7P/c1-3-5-7-9-11-13-15-17-18-19-21-23-25-27-29-31-34-44-38(37-47-48(42,43)46-35-33-40)36-45-39(41)32-30-28-26-24-22-20-16-14-12-10-8-6-4-2/h17-18,31,34,38H,3-16,19-30,32-33,35-37,40H2,1-2H3,(H,42,43)/b18-17-,34-31-/t38-/m1/s1. The van der Waals surface area contributed by atoms with Crippen LogP contribution in [0.1, 0.15) is 187 Å². The van der Waals surface area contributed by atoms with Crippen molar-refractivity contribution >= 4 is 13.8 Å². The van der Waals surface area contributed by atoms with Crippen molar-refractivity contribution < 1.29 is 32.8 Å². The number of carbonyl (C=O) groups excluding carboxylic acids is 1. The molecule has 3 N–H and O–H groups in total. The van der Waals surface area contributed by atoms with Crippen LogP contribution in [0.2, 0.25) is 0 Å². The summed E-state index contributed by atoms with van der Waals surface area (Å²) in [6.45, 7) is 4.21. The van der Waals surface area contributed by atoms with E-state index in [0.29, 0.717) is 6.42 Å². The zero-order chi connectivity index (χ0) is 35.2. The normalized spacial score (nSPS) is 13.8. The van der Waals surface area contributed by atoms with Gasteiger partial charge in [0.2, 0.25) is 0 Å². The number of phosphoric ester groups is 1. The molecule has 0 aliphatic carbocycles. The molecule has 0 aliphatic heterocycles. The van der Waals surface area contributed by atoms with Crippen LogP contribution in [0, 0.1) is 0 Å². The Kier molecular flexibility index (Phi) is 36.2. The molecule has 0 bridgehead atoms. The van der Waals surface area contributed by atoms with Crippen molar-refractivity contribution in [2.45, 2.75) is 193 Å². The third kappa shape index (κ3) is 36.1. The number of hydrogen-bond donors (Lipinski definition) is 2. The fourth-order valence-electron chi connectivity index (χ4n) is 5.45. The molecule has 0 heterocycles. The third-order valence-corrected chi connectivity index (χ3v) is 9.44. The van der Waals surface area contributed by atoms with Gasteiger partial charge in [-0.05, 0) is 51.0 Å². The topological polar surface area (TPSA) is 117 Å². The minimum atomic E-state index is -4.26. The molecular weight excluding hydrogens is 625 g/mol. The molecule has 1 unspecified atom stereocenters. The molecule has 0 aromatic rings. The Morgan fingerprint density at radius 1 is 0.625 bits per heavy atom. The van der Waals surface area contributed by atoms with E-state index in [9.17, 15) is 14.3 Å². The van der Waals surface area contributed by atoms with Crippen molar-refractivity contribution in [3.63, 3.8) is 0 Å². The summed E-state index contributed by atoms with van der Waals surface area (Å²) in [7, 11) is -4.26. The summed E-state index contributed by atoms with van der Waals surface area (Å²) in [5.41, 5.74) is 5.35. The first-order valence-electron chi connectivity index (χ1n) is 19.9. The lowest BCUT2D eigenvalue weighted by molar-refractivity contribution is -0.147. The molecule has 0 aromatic carbocycles. The van der Waals surface area contributed by atoms with Crippen molar-refractivity contribution in [2.75, 3.05) is 26.4 Å². The molecule has 0 aliphatic rings. The average Bonchev–Trinajstić information content (AvgIpc) is 3.08. The molecule has 0 saturated carbocycles. The summed E-state index contributed by atoms with van der Waals surface area (Å²) in [4.78, 5) is 22.2. The smallest absolute Gasteiger partial charge is 0.472 e. The van der Waals surface area contributed by atoms with E-state index in [0.717, 1.165) is 44.9 Å². The second-order valence-corrected chi connectivity index (χ2v) is 14.7. The van der Waals surface area contributed by atoms with Gasteiger partial charge in [0, 0.05) is 13.0 Å². The molecule has 0 fully saturated rings. The van der Waals surface area contributed by atoms with Gasteiger partial charge in [0.1, 0.15) is 6.61 Å². The molecule has 9 heteroatoms. The first-order valence-corrected chi connectivity index (χ1v) is 21.4. The van der Waals surface area contributed by atoms with Gasteiger partial charge in [-0.1, -0.05) is 148 Å². The Hall–Kier alpha value is -1.18. The van der Waals surface area contributed by atoms with Gasteiger partial charge < -0.3 is 20.1 Å². The first kappa shape index (κ1) is 46.8. The lowest BCUT2D eigenvalue weighted by atomic mass is 10.0. The summed E-state index contributed by atoms with van der Waals surface area (Å²) in [6.07, 6.45) is 40.0. The van der Waals surface area contributed by atoms with E-state index in [1.54, 1.807) is 6.26 Å². The van der Waals surface area contributed by atoms with E-state index < -0.39 is 13.9 Å². The van der Waals surface area contributed by atoms with Crippen LogP contribution < -0.4 is 5.73 Å². The first-order chi connectivity index (χ1) is 23.4. The van der Waals surface area contributed by atoms with Crippen molar-refractivity contribution in [1.82, 2.24) is 0 Å². The van der Waals surface area contributed by atoms with Crippen molar-refractivity contribution in [1.29, 1.82) is 0 Å². The minimum absolute atomic E-state index is 0.0646. The van der Waals surface area contributed by atoms with Gasteiger partial charge in [0.05, 0.1) is 19.5 Å². The lowest BCUT2D eigenvalue weighted by Crippen LogP contribution is -2.25. The Bertz CT molecular complexity index is 792. The van der Waals surface area contributed by atoms with Crippen LogP contribution in [0.25, 0.3) is 0 Å². The third-order valence-electron chi connectivity index (χ3n) is 8.46. The van der Waals surface area contributed by atoms with Crippen molar-refractivity contribution in [3.8, 4) is 0 Å². The SMILES string of the molecule is CCCCCCCC/C=C\CCCCCC/C=C\O[C@H](COC(=O)CCCCCCCCCCCCCCC)COP(=O)(O)OCCN. The van der Waals surface area contributed by atoms with Gasteiger partial charge in [-0.3, -0.25) is 13.8 Å². The molecule has 0 rings (SSSR count). The molecule has 48 heavy (non-hydrogen) atoms. The minimum Gasteiger partial charge on any atom is -0.492 e. The van der Waals surface area contributed by atoms with E-state index in [1.165, 1.54) is 122 Å². The molecule has 0 aromatic heterocycles. The Labute approximate surface area is 296 Å². The van der Waals surface area contributed by atoms with E-state index in [1.807, 2.05) is 6.08 Å². The highest BCUT2D eigenvalue weighted by Crippen LogP contribution is 2.43. The largest absolute Gasteiger partial charge is 0.492 e. The molecule has 2 atom stereocenters. The van der Waals surface area contributed by atoms with Gasteiger partial charge in [0.15, 0.2) is 6.10 Å². The Morgan fingerprint density at radius 3 is 1.54 bits per heavy atom. The molecule has 0 saturated heterocycles. The highest BCUT2D eigenvalue weighted by molar-refractivity contribution is 7.47. The number of nitrogens with two attached hydrogens (primary N) is 1.